The molecule has 2 rings (SSSR count). The zero-order valence-electron chi connectivity index (χ0n) is 17.7. The topological polar surface area (TPSA) is 40.6 Å². The highest BCUT2D eigenvalue weighted by molar-refractivity contribution is 7.10. The van der Waals surface area contributed by atoms with Crippen molar-refractivity contribution in [3.8, 4) is 0 Å². The molecule has 2 aromatic rings. The van der Waals surface area contributed by atoms with Crippen LogP contribution in [0.3, 0.4) is 0 Å². The van der Waals surface area contributed by atoms with Gasteiger partial charge in [0.1, 0.15) is 12.4 Å². The Balaban J connectivity index is 2.25. The summed E-state index contributed by atoms with van der Waals surface area (Å²) in [5.41, 5.74) is 1.15. The van der Waals surface area contributed by atoms with Crippen LogP contribution in [0, 0.1) is 18.2 Å². The van der Waals surface area contributed by atoms with Crippen molar-refractivity contribution < 1.29 is 14.0 Å². The van der Waals surface area contributed by atoms with Gasteiger partial charge in [-0.15, -0.1) is 29.5 Å². The first kappa shape index (κ1) is 24.1. The minimum Gasteiger partial charge on any atom is -0.332 e. The molecule has 7 heteroatoms. The maximum absolute atomic E-state index is 13.3. The monoisotopic (exact) mass is 450 g/mol. The molecule has 0 aliphatic rings. The molecular weight excluding hydrogens is 423 g/mol. The summed E-state index contributed by atoms with van der Waals surface area (Å²) in [7, 11) is 0. The number of hydrogen-bond donors (Lipinski definition) is 0. The molecule has 0 fully saturated rings. The fourth-order valence-electron chi connectivity index (χ4n) is 2.91. The summed E-state index contributed by atoms with van der Waals surface area (Å²) in [6, 6.07) is 8.10. The first-order valence-electron chi connectivity index (χ1n) is 9.69. The van der Waals surface area contributed by atoms with Gasteiger partial charge in [0.05, 0.1) is 12.0 Å². The van der Waals surface area contributed by atoms with E-state index in [4.69, 9.17) is 11.6 Å². The van der Waals surface area contributed by atoms with Crippen molar-refractivity contribution in [1.29, 1.82) is 0 Å². The van der Waals surface area contributed by atoms with E-state index in [1.807, 2.05) is 18.4 Å². The lowest BCUT2D eigenvalue weighted by atomic mass is 9.94. The molecule has 0 atom stereocenters. The molecule has 0 unspecified atom stereocenters. The van der Waals surface area contributed by atoms with Gasteiger partial charge in [-0.3, -0.25) is 9.59 Å². The average molecular weight is 451 g/mol. The fourth-order valence-corrected chi connectivity index (χ4v) is 3.94. The van der Waals surface area contributed by atoms with Crippen molar-refractivity contribution in [1.82, 2.24) is 9.80 Å². The standard InChI is InChI=1S/C23H28ClFN2O2S/c1-5-11-26(22(29)23(3,4)16-24)15-21(28)27(14-20-17(2)10-12-30-20)13-18-6-8-19(25)9-7-18/h5-10,12H,1,11,13-16H2,2-4H3. The second-order valence-electron chi connectivity index (χ2n) is 7.89. The summed E-state index contributed by atoms with van der Waals surface area (Å²) in [5, 5.41) is 1.99. The van der Waals surface area contributed by atoms with E-state index < -0.39 is 5.41 Å². The van der Waals surface area contributed by atoms with Crippen molar-refractivity contribution >= 4 is 34.8 Å². The van der Waals surface area contributed by atoms with Crippen molar-refractivity contribution in [3.05, 3.63) is 70.2 Å². The minimum absolute atomic E-state index is 0.0726. The van der Waals surface area contributed by atoms with Gasteiger partial charge in [-0.05, 0) is 55.5 Å². The number of rotatable bonds is 10. The summed E-state index contributed by atoms with van der Waals surface area (Å²) < 4.78 is 13.3. The number of amides is 2. The number of hydrogen-bond acceptors (Lipinski definition) is 3. The number of nitrogens with zero attached hydrogens (tertiary/aromatic N) is 2. The lowest BCUT2D eigenvalue weighted by Gasteiger charge is -2.32. The van der Waals surface area contributed by atoms with Crippen LogP contribution in [0.15, 0.2) is 48.4 Å². The van der Waals surface area contributed by atoms with E-state index in [1.54, 1.807) is 48.3 Å². The van der Waals surface area contributed by atoms with Crippen LogP contribution in [0.5, 0.6) is 0 Å². The molecule has 1 aromatic heterocycles. The number of alkyl halides is 1. The maximum atomic E-state index is 13.3. The lowest BCUT2D eigenvalue weighted by molar-refractivity contribution is -0.145. The molecule has 2 amide bonds. The average Bonchev–Trinajstić information content (AvgIpc) is 3.12. The minimum atomic E-state index is -0.781. The highest BCUT2D eigenvalue weighted by atomic mass is 35.5. The normalized spacial score (nSPS) is 11.2. The van der Waals surface area contributed by atoms with E-state index >= 15 is 0 Å². The first-order chi connectivity index (χ1) is 14.2. The molecule has 0 bridgehead atoms. The van der Waals surface area contributed by atoms with E-state index in [-0.39, 0.29) is 36.6 Å². The molecule has 0 saturated carbocycles. The van der Waals surface area contributed by atoms with Gasteiger partial charge in [0, 0.05) is 23.8 Å². The highest BCUT2D eigenvalue weighted by Gasteiger charge is 2.32. The number of carbonyl (C=O) groups excluding carboxylic acids is 2. The smallest absolute Gasteiger partial charge is 0.242 e. The molecule has 0 N–H and O–H groups in total. The second kappa shape index (κ2) is 10.7. The number of aryl methyl sites for hydroxylation is 1. The Labute approximate surface area is 186 Å². The predicted molar refractivity (Wildman–Crippen MR) is 121 cm³/mol. The Morgan fingerprint density at radius 2 is 1.83 bits per heavy atom. The van der Waals surface area contributed by atoms with Gasteiger partial charge in [0.25, 0.3) is 0 Å². The highest BCUT2D eigenvalue weighted by Crippen LogP contribution is 2.22. The molecular formula is C23H28ClFN2O2S. The van der Waals surface area contributed by atoms with Crippen molar-refractivity contribution in [2.75, 3.05) is 19.0 Å². The molecule has 0 aliphatic carbocycles. The van der Waals surface area contributed by atoms with Crippen LogP contribution >= 0.6 is 22.9 Å². The first-order valence-corrected chi connectivity index (χ1v) is 11.1. The van der Waals surface area contributed by atoms with Gasteiger partial charge in [0.2, 0.25) is 11.8 Å². The Kier molecular flexibility index (Phi) is 8.62. The van der Waals surface area contributed by atoms with Crippen LogP contribution in [0.4, 0.5) is 4.39 Å². The van der Waals surface area contributed by atoms with Gasteiger partial charge in [-0.2, -0.15) is 0 Å². The van der Waals surface area contributed by atoms with E-state index in [9.17, 15) is 14.0 Å². The molecule has 0 saturated heterocycles. The Morgan fingerprint density at radius 1 is 1.17 bits per heavy atom. The summed E-state index contributed by atoms with van der Waals surface area (Å²) in [6.07, 6.45) is 1.60. The number of halogens is 2. The molecule has 1 heterocycles. The van der Waals surface area contributed by atoms with Gasteiger partial charge in [0.15, 0.2) is 0 Å². The number of thiophene rings is 1. The maximum Gasteiger partial charge on any atom is 0.242 e. The molecule has 0 spiro atoms. The predicted octanol–water partition coefficient (Wildman–Crippen LogP) is 5.00. The number of carbonyl (C=O) groups is 2. The van der Waals surface area contributed by atoms with Gasteiger partial charge in [-0.1, -0.05) is 18.2 Å². The second-order valence-corrected chi connectivity index (χ2v) is 9.16. The Morgan fingerprint density at radius 3 is 2.37 bits per heavy atom. The Hall–Kier alpha value is -2.18. The summed E-state index contributed by atoms with van der Waals surface area (Å²) >= 11 is 7.55. The van der Waals surface area contributed by atoms with Gasteiger partial charge >= 0.3 is 0 Å². The van der Waals surface area contributed by atoms with Crippen LogP contribution in [0.25, 0.3) is 0 Å². The molecule has 0 aliphatic heterocycles. The third kappa shape index (κ3) is 6.41. The van der Waals surface area contributed by atoms with Crippen molar-refractivity contribution in [3.63, 3.8) is 0 Å². The van der Waals surface area contributed by atoms with Crippen LogP contribution in [0.1, 0.15) is 29.9 Å². The molecule has 0 radical (unpaired) electrons. The van der Waals surface area contributed by atoms with Gasteiger partial charge < -0.3 is 9.80 Å². The van der Waals surface area contributed by atoms with Crippen molar-refractivity contribution in [2.24, 2.45) is 5.41 Å². The van der Waals surface area contributed by atoms with Crippen LogP contribution in [0.2, 0.25) is 0 Å². The number of benzene rings is 1. The molecule has 30 heavy (non-hydrogen) atoms. The van der Waals surface area contributed by atoms with E-state index in [1.165, 1.54) is 17.0 Å². The van der Waals surface area contributed by atoms with Crippen molar-refractivity contribution in [2.45, 2.75) is 33.9 Å². The fraction of sp³-hybridized carbons (Fsp3) is 0.391. The Bertz CT molecular complexity index is 880. The zero-order valence-corrected chi connectivity index (χ0v) is 19.2. The summed E-state index contributed by atoms with van der Waals surface area (Å²) in [6.45, 7) is 10.2. The van der Waals surface area contributed by atoms with Crippen LogP contribution in [-0.4, -0.2) is 40.6 Å². The van der Waals surface area contributed by atoms with Crippen LogP contribution in [-0.2, 0) is 22.7 Å². The van der Waals surface area contributed by atoms with Gasteiger partial charge in [-0.25, -0.2) is 4.39 Å². The lowest BCUT2D eigenvalue weighted by Crippen LogP contribution is -2.47. The molecule has 162 valence electrons. The van der Waals surface area contributed by atoms with E-state index in [2.05, 4.69) is 6.58 Å². The van der Waals surface area contributed by atoms with Crippen LogP contribution < -0.4 is 0 Å². The molecule has 1 aromatic carbocycles. The quantitative estimate of drug-likeness (QED) is 0.377. The largest absolute Gasteiger partial charge is 0.332 e. The molecule has 4 nitrogen and oxygen atoms in total. The van der Waals surface area contributed by atoms with E-state index in [0.29, 0.717) is 13.1 Å². The SMILES string of the molecule is C=CCN(CC(=O)N(Cc1ccc(F)cc1)Cc1sccc1C)C(=O)C(C)(C)CCl. The summed E-state index contributed by atoms with van der Waals surface area (Å²) in [5.74, 6) is -0.550. The van der Waals surface area contributed by atoms with E-state index in [0.717, 1.165) is 16.0 Å². The summed E-state index contributed by atoms with van der Waals surface area (Å²) in [4.78, 5) is 30.4. The third-order valence-corrected chi connectivity index (χ3v) is 6.49. The third-order valence-electron chi connectivity index (χ3n) is 4.82. The zero-order chi connectivity index (χ0) is 22.3.